The van der Waals surface area contributed by atoms with Crippen LogP contribution >= 0.6 is 11.6 Å². The first-order valence-electron chi connectivity index (χ1n) is 11.1. The fourth-order valence-corrected chi connectivity index (χ4v) is 4.33. The zero-order valence-electron chi connectivity index (χ0n) is 18.6. The molecule has 7 nitrogen and oxygen atoms in total. The molecule has 2 aliphatic heterocycles. The van der Waals surface area contributed by atoms with E-state index >= 15 is 0 Å². The lowest BCUT2D eigenvalue weighted by Crippen LogP contribution is -2.43. The molecule has 1 unspecified atom stereocenters. The number of carbonyl (C=O) groups excluding carboxylic acids is 2. The normalized spacial score (nSPS) is 18.2. The largest absolute Gasteiger partial charge is 0.492 e. The molecule has 3 aromatic rings. The van der Waals surface area contributed by atoms with Gasteiger partial charge < -0.3 is 24.2 Å². The van der Waals surface area contributed by atoms with Gasteiger partial charge in [0.15, 0.2) is 22.9 Å². The lowest BCUT2D eigenvalue weighted by atomic mass is 9.89. The van der Waals surface area contributed by atoms with Crippen LogP contribution in [0.5, 0.6) is 17.2 Å². The number of aliphatic hydroxyl groups is 1. The Morgan fingerprint density at radius 3 is 2.69 bits per heavy atom. The summed E-state index contributed by atoms with van der Waals surface area (Å²) in [5, 5.41) is 12.0. The van der Waals surface area contributed by atoms with Gasteiger partial charge in [0.1, 0.15) is 12.4 Å². The van der Waals surface area contributed by atoms with Crippen LogP contribution in [0.4, 0.5) is 5.69 Å². The molecule has 0 saturated heterocycles. The molecule has 2 aliphatic rings. The Morgan fingerprint density at radius 2 is 1.86 bits per heavy atom. The summed E-state index contributed by atoms with van der Waals surface area (Å²) in [6.45, 7) is 0.578. The third kappa shape index (κ3) is 4.60. The van der Waals surface area contributed by atoms with Gasteiger partial charge in [0.2, 0.25) is 6.79 Å². The first kappa shape index (κ1) is 23.0. The van der Waals surface area contributed by atoms with E-state index in [0.717, 1.165) is 5.56 Å². The fourth-order valence-electron chi connectivity index (χ4n) is 4.20. The van der Waals surface area contributed by atoms with Gasteiger partial charge in [-0.3, -0.25) is 9.59 Å². The molecule has 0 aliphatic carbocycles. The number of para-hydroxylation sites is 1. The van der Waals surface area contributed by atoms with Crippen LogP contribution in [0.1, 0.15) is 17.5 Å². The SMILES string of the molecule is O=C(C=Cc1ccc2c(c1)OCO2)CC1(O)C(=O)N(CCOc2ccc(Cl)cc2)c2ccccc21. The molecule has 8 heteroatoms. The number of ketones is 1. The first-order chi connectivity index (χ1) is 16.9. The molecule has 3 aromatic carbocycles. The van der Waals surface area contributed by atoms with Crippen molar-refractivity contribution in [2.24, 2.45) is 0 Å². The molecular formula is C27H22ClNO6. The predicted molar refractivity (Wildman–Crippen MR) is 131 cm³/mol. The third-order valence-corrected chi connectivity index (χ3v) is 6.18. The molecule has 1 N–H and O–H groups in total. The molecular weight excluding hydrogens is 470 g/mol. The number of hydrogen-bond acceptors (Lipinski definition) is 6. The number of benzene rings is 3. The number of allylic oxidation sites excluding steroid dienone is 1. The maximum atomic E-state index is 13.3. The molecule has 0 saturated carbocycles. The van der Waals surface area contributed by atoms with E-state index in [2.05, 4.69) is 0 Å². The zero-order valence-corrected chi connectivity index (χ0v) is 19.4. The van der Waals surface area contributed by atoms with E-state index in [9.17, 15) is 14.7 Å². The molecule has 0 bridgehead atoms. The lowest BCUT2D eigenvalue weighted by Gasteiger charge is -2.22. The van der Waals surface area contributed by atoms with Crippen LogP contribution in [0.15, 0.2) is 72.8 Å². The van der Waals surface area contributed by atoms with Crippen LogP contribution in [-0.2, 0) is 15.2 Å². The van der Waals surface area contributed by atoms with Crippen LogP contribution < -0.4 is 19.1 Å². The van der Waals surface area contributed by atoms with Gasteiger partial charge in [0.25, 0.3) is 5.91 Å². The monoisotopic (exact) mass is 491 g/mol. The average molecular weight is 492 g/mol. The summed E-state index contributed by atoms with van der Waals surface area (Å²) in [6.07, 6.45) is 2.60. The second-order valence-corrected chi connectivity index (χ2v) is 8.66. The zero-order chi connectivity index (χ0) is 24.4. The highest BCUT2D eigenvalue weighted by Crippen LogP contribution is 2.42. The van der Waals surface area contributed by atoms with Crippen molar-refractivity contribution in [3.63, 3.8) is 0 Å². The van der Waals surface area contributed by atoms with Gasteiger partial charge in [-0.15, -0.1) is 0 Å². The van der Waals surface area contributed by atoms with Gasteiger partial charge >= 0.3 is 0 Å². The van der Waals surface area contributed by atoms with Gasteiger partial charge in [-0.25, -0.2) is 0 Å². The lowest BCUT2D eigenvalue weighted by molar-refractivity contribution is -0.140. The standard InChI is InChI=1S/C27H22ClNO6/c28-19-7-10-21(11-8-19)33-14-13-29-23-4-2-1-3-22(23)27(32,26(29)31)16-20(30)9-5-18-6-12-24-25(15-18)35-17-34-24/h1-12,15,32H,13-14,16-17H2. The molecule has 1 amide bonds. The van der Waals surface area contributed by atoms with Crippen molar-refractivity contribution < 1.29 is 28.9 Å². The van der Waals surface area contributed by atoms with E-state index < -0.39 is 11.5 Å². The van der Waals surface area contributed by atoms with Gasteiger partial charge in [0.05, 0.1) is 18.7 Å². The van der Waals surface area contributed by atoms with E-state index in [1.54, 1.807) is 72.8 Å². The molecule has 5 rings (SSSR count). The van der Waals surface area contributed by atoms with Crippen molar-refractivity contribution >= 4 is 35.1 Å². The highest BCUT2D eigenvalue weighted by Gasteiger charge is 2.50. The number of amides is 1. The number of fused-ring (bicyclic) bond motifs is 2. The van der Waals surface area contributed by atoms with Crippen LogP contribution in [-0.4, -0.2) is 36.7 Å². The number of anilines is 1. The third-order valence-electron chi connectivity index (χ3n) is 5.92. The number of carbonyl (C=O) groups is 2. The quantitative estimate of drug-likeness (QED) is 0.471. The van der Waals surface area contributed by atoms with Gasteiger partial charge in [-0.2, -0.15) is 0 Å². The smallest absolute Gasteiger partial charge is 0.264 e. The summed E-state index contributed by atoms with van der Waals surface area (Å²) in [5.74, 6) is 0.940. The van der Waals surface area contributed by atoms with E-state index in [1.165, 1.54) is 11.0 Å². The Morgan fingerprint density at radius 1 is 1.09 bits per heavy atom. The summed E-state index contributed by atoms with van der Waals surface area (Å²) in [4.78, 5) is 27.6. The highest BCUT2D eigenvalue weighted by molar-refractivity contribution is 6.30. The molecule has 0 aromatic heterocycles. The Bertz CT molecular complexity index is 1310. The topological polar surface area (TPSA) is 85.3 Å². The van der Waals surface area contributed by atoms with Crippen molar-refractivity contribution in [1.82, 2.24) is 0 Å². The van der Waals surface area contributed by atoms with Crippen molar-refractivity contribution in [2.45, 2.75) is 12.0 Å². The first-order valence-corrected chi connectivity index (χ1v) is 11.4. The molecule has 2 heterocycles. The van der Waals surface area contributed by atoms with Gasteiger partial charge in [-0.05, 0) is 54.1 Å². The summed E-state index contributed by atoms with van der Waals surface area (Å²) in [6, 6.07) is 19.2. The maximum absolute atomic E-state index is 13.3. The number of nitrogens with zero attached hydrogens (tertiary/aromatic N) is 1. The summed E-state index contributed by atoms with van der Waals surface area (Å²) in [5.41, 5.74) is -0.241. The number of halogens is 1. The average Bonchev–Trinajstić information content (AvgIpc) is 3.41. The van der Waals surface area contributed by atoms with Crippen LogP contribution in [0.2, 0.25) is 5.02 Å². The van der Waals surface area contributed by atoms with Crippen molar-refractivity contribution in [3.05, 3.63) is 89.0 Å². The molecule has 1 atom stereocenters. The molecule has 0 fully saturated rings. The molecule has 35 heavy (non-hydrogen) atoms. The van der Waals surface area contributed by atoms with E-state index in [-0.39, 0.29) is 32.1 Å². The second-order valence-electron chi connectivity index (χ2n) is 8.23. The summed E-state index contributed by atoms with van der Waals surface area (Å²) >= 11 is 5.90. The number of ether oxygens (including phenoxy) is 3. The Labute approximate surface area is 207 Å². The van der Waals surface area contributed by atoms with Gasteiger partial charge in [0, 0.05) is 10.6 Å². The Kier molecular flexibility index (Phi) is 6.19. The number of hydrogen-bond donors (Lipinski definition) is 1. The van der Waals surface area contributed by atoms with Crippen molar-refractivity contribution in [2.75, 3.05) is 24.8 Å². The Balaban J connectivity index is 1.28. The van der Waals surface area contributed by atoms with Crippen molar-refractivity contribution in [1.29, 1.82) is 0 Å². The minimum Gasteiger partial charge on any atom is -0.492 e. The molecule has 0 spiro atoms. The highest BCUT2D eigenvalue weighted by atomic mass is 35.5. The fraction of sp³-hybridized carbons (Fsp3) is 0.185. The number of rotatable bonds is 8. The maximum Gasteiger partial charge on any atom is 0.264 e. The minimum atomic E-state index is -1.95. The van der Waals surface area contributed by atoms with Crippen LogP contribution in [0.25, 0.3) is 6.08 Å². The van der Waals surface area contributed by atoms with Crippen molar-refractivity contribution in [3.8, 4) is 17.2 Å². The Hall–Kier alpha value is -3.81. The van der Waals surface area contributed by atoms with E-state index in [4.69, 9.17) is 25.8 Å². The van der Waals surface area contributed by atoms with E-state index in [1.807, 2.05) is 0 Å². The second kappa shape index (κ2) is 9.44. The minimum absolute atomic E-state index is 0.164. The van der Waals surface area contributed by atoms with Crippen LogP contribution in [0, 0.1) is 0 Å². The summed E-state index contributed by atoms with van der Waals surface area (Å²) in [7, 11) is 0. The summed E-state index contributed by atoms with van der Waals surface area (Å²) < 4.78 is 16.4. The predicted octanol–water partition coefficient (Wildman–Crippen LogP) is 4.35. The molecule has 0 radical (unpaired) electrons. The van der Waals surface area contributed by atoms with Gasteiger partial charge in [-0.1, -0.05) is 41.9 Å². The van der Waals surface area contributed by atoms with Crippen LogP contribution in [0.3, 0.4) is 0 Å². The van der Waals surface area contributed by atoms with E-state index in [0.29, 0.717) is 33.5 Å². The molecule has 178 valence electrons.